The molecule has 0 amide bonds. The number of aliphatic imine (C=N–C) groups is 1. The molecule has 138 valence electrons. The molecule has 0 fully saturated rings. The minimum absolute atomic E-state index is 0.329. The van der Waals surface area contributed by atoms with Crippen molar-refractivity contribution in [2.45, 2.75) is 45.8 Å². The first-order chi connectivity index (χ1) is 11.3. The Morgan fingerprint density at radius 1 is 1.38 bits per heavy atom. The largest absolute Gasteiger partial charge is 0.383 e. The molecule has 0 aliphatic rings. The lowest BCUT2D eigenvalue weighted by Crippen LogP contribution is -2.46. The molecule has 0 radical (unpaired) electrons. The van der Waals surface area contributed by atoms with E-state index in [2.05, 4.69) is 48.5 Å². The van der Waals surface area contributed by atoms with Crippen LogP contribution in [0.3, 0.4) is 0 Å². The number of hydrogen-bond acceptors (Lipinski definition) is 4. The highest BCUT2D eigenvalue weighted by Gasteiger charge is 2.23. The summed E-state index contributed by atoms with van der Waals surface area (Å²) in [5.41, 5.74) is -0.0283. The highest BCUT2D eigenvalue weighted by Crippen LogP contribution is 2.23. The normalized spacial score (nSPS) is 16.3. The Labute approximate surface area is 151 Å². The van der Waals surface area contributed by atoms with Crippen molar-refractivity contribution in [1.82, 2.24) is 15.5 Å². The molecule has 0 bridgehead atoms. The smallest absolute Gasteiger partial charge is 0.191 e. The van der Waals surface area contributed by atoms with Gasteiger partial charge in [-0.3, -0.25) is 0 Å². The van der Waals surface area contributed by atoms with Gasteiger partial charge in [-0.1, -0.05) is 13.8 Å². The number of aliphatic hydroxyl groups is 1. The number of nitrogens with one attached hydrogen (secondary N) is 2. The average Bonchev–Trinajstić information content (AvgIpc) is 3.03. The average molecular weight is 355 g/mol. The van der Waals surface area contributed by atoms with E-state index in [1.54, 1.807) is 11.3 Å². The fourth-order valence-electron chi connectivity index (χ4n) is 2.47. The Kier molecular flexibility index (Phi) is 8.73. The first-order valence-corrected chi connectivity index (χ1v) is 9.64. The minimum atomic E-state index is -0.943. The molecule has 1 rings (SSSR count). The second-order valence-electron chi connectivity index (χ2n) is 7.11. The van der Waals surface area contributed by atoms with Gasteiger partial charge in [0.15, 0.2) is 5.96 Å². The van der Waals surface area contributed by atoms with Gasteiger partial charge < -0.3 is 20.6 Å². The highest BCUT2D eigenvalue weighted by molar-refractivity contribution is 7.08. The van der Waals surface area contributed by atoms with Gasteiger partial charge in [-0.15, -0.1) is 0 Å². The van der Waals surface area contributed by atoms with Gasteiger partial charge in [0, 0.05) is 19.1 Å². The van der Waals surface area contributed by atoms with Crippen LogP contribution in [0.15, 0.2) is 21.8 Å². The molecule has 2 unspecified atom stereocenters. The molecule has 0 saturated heterocycles. The van der Waals surface area contributed by atoms with Crippen LogP contribution < -0.4 is 10.6 Å². The van der Waals surface area contributed by atoms with Crippen LogP contribution in [0.2, 0.25) is 0 Å². The number of rotatable bonds is 9. The van der Waals surface area contributed by atoms with Crippen LogP contribution in [-0.4, -0.2) is 55.7 Å². The van der Waals surface area contributed by atoms with Crippen molar-refractivity contribution < 1.29 is 5.11 Å². The van der Waals surface area contributed by atoms with E-state index < -0.39 is 5.60 Å². The summed E-state index contributed by atoms with van der Waals surface area (Å²) >= 11 is 1.59. The Hall–Kier alpha value is -1.11. The number of likely N-dealkylation sites (N-methyl/N-ethyl adjacent to an activating group) is 1. The maximum absolute atomic E-state index is 10.6. The van der Waals surface area contributed by atoms with Crippen LogP contribution in [0.1, 0.15) is 39.7 Å². The molecule has 0 aliphatic heterocycles. The first-order valence-electron chi connectivity index (χ1n) is 8.70. The van der Waals surface area contributed by atoms with Gasteiger partial charge in [0.05, 0.1) is 6.54 Å². The van der Waals surface area contributed by atoms with Crippen molar-refractivity contribution in [3.63, 3.8) is 0 Å². The third-order valence-electron chi connectivity index (χ3n) is 4.01. The molecule has 0 saturated carbocycles. The molecule has 0 aromatic carbocycles. The molecule has 1 aromatic rings. The summed E-state index contributed by atoms with van der Waals surface area (Å²) in [5, 5.41) is 21.2. The number of guanidine groups is 1. The van der Waals surface area contributed by atoms with Crippen molar-refractivity contribution in [2.24, 2.45) is 10.9 Å². The van der Waals surface area contributed by atoms with E-state index in [0.717, 1.165) is 31.0 Å². The SMILES string of the molecule is CCNC(=NCC(C)(O)c1ccsc1)NCC(CC(C)C)N(C)C. The molecule has 24 heavy (non-hydrogen) atoms. The van der Waals surface area contributed by atoms with Gasteiger partial charge in [0.1, 0.15) is 5.60 Å². The summed E-state index contributed by atoms with van der Waals surface area (Å²) < 4.78 is 0. The Morgan fingerprint density at radius 3 is 2.58 bits per heavy atom. The van der Waals surface area contributed by atoms with Gasteiger partial charge >= 0.3 is 0 Å². The first kappa shape index (κ1) is 20.9. The lowest BCUT2D eigenvalue weighted by molar-refractivity contribution is 0.0677. The molecule has 3 N–H and O–H groups in total. The third kappa shape index (κ3) is 7.20. The molecule has 6 heteroatoms. The topological polar surface area (TPSA) is 59.9 Å². The van der Waals surface area contributed by atoms with E-state index >= 15 is 0 Å². The maximum atomic E-state index is 10.6. The van der Waals surface area contributed by atoms with Crippen molar-refractivity contribution in [3.8, 4) is 0 Å². The van der Waals surface area contributed by atoms with E-state index in [1.165, 1.54) is 0 Å². The number of thiophene rings is 1. The molecule has 1 aromatic heterocycles. The summed E-state index contributed by atoms with van der Waals surface area (Å²) in [6.45, 7) is 10.3. The van der Waals surface area contributed by atoms with Crippen LogP contribution >= 0.6 is 11.3 Å². The van der Waals surface area contributed by atoms with E-state index in [4.69, 9.17) is 0 Å². The molecular formula is C18H34N4OS. The van der Waals surface area contributed by atoms with Gasteiger partial charge in [0.25, 0.3) is 0 Å². The summed E-state index contributed by atoms with van der Waals surface area (Å²) in [4.78, 5) is 6.83. The fourth-order valence-corrected chi connectivity index (χ4v) is 3.26. The molecular weight excluding hydrogens is 320 g/mol. The summed E-state index contributed by atoms with van der Waals surface area (Å²) in [6.07, 6.45) is 1.13. The van der Waals surface area contributed by atoms with Crippen molar-refractivity contribution >= 4 is 17.3 Å². The van der Waals surface area contributed by atoms with E-state index in [-0.39, 0.29) is 0 Å². The number of hydrogen-bond donors (Lipinski definition) is 3. The van der Waals surface area contributed by atoms with Gasteiger partial charge in [-0.05, 0) is 62.7 Å². The van der Waals surface area contributed by atoms with E-state index in [9.17, 15) is 5.11 Å². The zero-order valence-corrected chi connectivity index (χ0v) is 16.8. The summed E-state index contributed by atoms with van der Waals surface area (Å²) in [7, 11) is 4.22. The van der Waals surface area contributed by atoms with Crippen molar-refractivity contribution in [2.75, 3.05) is 33.7 Å². The summed E-state index contributed by atoms with van der Waals surface area (Å²) in [6, 6.07) is 2.40. The minimum Gasteiger partial charge on any atom is -0.383 e. The maximum Gasteiger partial charge on any atom is 0.191 e. The fraction of sp³-hybridized carbons (Fsp3) is 0.722. The van der Waals surface area contributed by atoms with Gasteiger partial charge in [-0.25, -0.2) is 4.99 Å². The zero-order valence-electron chi connectivity index (χ0n) is 16.0. The van der Waals surface area contributed by atoms with E-state index in [1.807, 2.05) is 30.7 Å². The zero-order chi connectivity index (χ0) is 18.2. The Balaban J connectivity index is 2.68. The second-order valence-corrected chi connectivity index (χ2v) is 7.89. The van der Waals surface area contributed by atoms with Crippen LogP contribution in [0.25, 0.3) is 0 Å². The molecule has 2 atom stereocenters. The monoisotopic (exact) mass is 354 g/mol. The lowest BCUT2D eigenvalue weighted by atomic mass is 10.00. The number of nitrogens with zero attached hydrogens (tertiary/aromatic N) is 2. The van der Waals surface area contributed by atoms with E-state index in [0.29, 0.717) is 18.5 Å². The quantitative estimate of drug-likeness (QED) is 0.471. The highest BCUT2D eigenvalue weighted by atomic mass is 32.1. The van der Waals surface area contributed by atoms with Crippen molar-refractivity contribution in [3.05, 3.63) is 22.4 Å². The van der Waals surface area contributed by atoms with Crippen LogP contribution in [0.4, 0.5) is 0 Å². The third-order valence-corrected chi connectivity index (χ3v) is 4.69. The molecule has 1 heterocycles. The molecule has 5 nitrogen and oxygen atoms in total. The van der Waals surface area contributed by atoms with Crippen LogP contribution in [0, 0.1) is 5.92 Å². The summed E-state index contributed by atoms with van der Waals surface area (Å²) in [5.74, 6) is 1.40. The Bertz CT molecular complexity index is 483. The van der Waals surface area contributed by atoms with Crippen molar-refractivity contribution in [1.29, 1.82) is 0 Å². The second kappa shape index (κ2) is 10.0. The molecule has 0 spiro atoms. The standard InChI is InChI=1S/C18H34N4OS/c1-7-19-17(20-11-16(22(5)6)10-14(2)3)21-13-18(4,23)15-8-9-24-12-15/h8-9,12,14,16,23H,7,10-11,13H2,1-6H3,(H2,19,20,21). The lowest BCUT2D eigenvalue weighted by Gasteiger charge is -2.27. The van der Waals surface area contributed by atoms with Crippen LogP contribution in [-0.2, 0) is 5.60 Å². The van der Waals surface area contributed by atoms with Crippen LogP contribution in [0.5, 0.6) is 0 Å². The Morgan fingerprint density at radius 2 is 2.08 bits per heavy atom. The van der Waals surface area contributed by atoms with Gasteiger partial charge in [0.2, 0.25) is 0 Å². The predicted molar refractivity (Wildman–Crippen MR) is 105 cm³/mol. The molecule has 0 aliphatic carbocycles. The van der Waals surface area contributed by atoms with Gasteiger partial charge in [-0.2, -0.15) is 11.3 Å². The predicted octanol–water partition coefficient (Wildman–Crippen LogP) is 2.49.